The van der Waals surface area contributed by atoms with Crippen molar-refractivity contribution >= 4 is 5.96 Å². The van der Waals surface area contributed by atoms with Gasteiger partial charge in [-0.15, -0.1) is 0 Å². The molecule has 0 unspecified atom stereocenters. The summed E-state index contributed by atoms with van der Waals surface area (Å²) < 4.78 is 11.9. The molecule has 0 spiro atoms. The summed E-state index contributed by atoms with van der Waals surface area (Å²) in [7, 11) is 7.65. The molecule has 0 aliphatic heterocycles. The highest BCUT2D eigenvalue weighted by molar-refractivity contribution is 5.79. The van der Waals surface area contributed by atoms with E-state index in [2.05, 4.69) is 65.0 Å². The van der Waals surface area contributed by atoms with Gasteiger partial charge >= 0.3 is 0 Å². The third kappa shape index (κ3) is 6.89. The van der Waals surface area contributed by atoms with Gasteiger partial charge in [0.05, 0.1) is 13.2 Å². The topological polar surface area (TPSA) is 58.1 Å². The maximum Gasteiger partial charge on any atom is 0.191 e. The summed E-state index contributed by atoms with van der Waals surface area (Å²) in [6, 6.07) is 14.7. The molecule has 2 aromatic carbocycles. The van der Waals surface area contributed by atoms with Crippen LogP contribution in [0.15, 0.2) is 47.5 Å². The average Bonchev–Trinajstić information content (AvgIpc) is 3.27. The SMILES string of the molecule is CN=C(NCc1cccc(CN(C)C)c1)NCc1cccc(OC)c1OC1CCCC1. The molecular formula is C25H36N4O2. The number of hydrogen-bond acceptors (Lipinski definition) is 4. The second kappa shape index (κ2) is 11.6. The first-order valence-electron chi connectivity index (χ1n) is 11.1. The number of guanidine groups is 1. The van der Waals surface area contributed by atoms with Crippen molar-refractivity contribution in [3.63, 3.8) is 0 Å². The summed E-state index contributed by atoms with van der Waals surface area (Å²) in [5.41, 5.74) is 3.61. The minimum absolute atomic E-state index is 0.280. The van der Waals surface area contributed by atoms with Gasteiger partial charge in [-0.05, 0) is 57.0 Å². The highest BCUT2D eigenvalue weighted by atomic mass is 16.5. The Kier molecular flexibility index (Phi) is 8.59. The molecule has 0 amide bonds. The van der Waals surface area contributed by atoms with Crippen molar-refractivity contribution in [2.75, 3.05) is 28.3 Å². The van der Waals surface area contributed by atoms with Gasteiger partial charge in [-0.2, -0.15) is 0 Å². The predicted molar refractivity (Wildman–Crippen MR) is 127 cm³/mol. The largest absolute Gasteiger partial charge is 0.493 e. The molecule has 0 aromatic heterocycles. The van der Waals surface area contributed by atoms with Crippen LogP contribution in [0.1, 0.15) is 42.4 Å². The Bertz CT molecular complexity index is 860. The summed E-state index contributed by atoms with van der Waals surface area (Å²) >= 11 is 0. The maximum atomic E-state index is 6.34. The fourth-order valence-electron chi connectivity index (χ4n) is 3.96. The van der Waals surface area contributed by atoms with Crippen molar-refractivity contribution in [3.8, 4) is 11.5 Å². The van der Waals surface area contributed by atoms with E-state index in [1.54, 1.807) is 14.2 Å². The molecule has 0 heterocycles. The number of benzene rings is 2. The van der Waals surface area contributed by atoms with Crippen LogP contribution < -0.4 is 20.1 Å². The predicted octanol–water partition coefficient (Wildman–Crippen LogP) is 3.94. The Morgan fingerprint density at radius 3 is 2.45 bits per heavy atom. The van der Waals surface area contributed by atoms with Crippen molar-refractivity contribution in [2.24, 2.45) is 4.99 Å². The molecule has 3 rings (SSSR count). The Labute approximate surface area is 186 Å². The monoisotopic (exact) mass is 424 g/mol. The first kappa shape index (κ1) is 22.9. The summed E-state index contributed by atoms with van der Waals surface area (Å²) in [5, 5.41) is 6.83. The Balaban J connectivity index is 1.60. The fourth-order valence-corrected chi connectivity index (χ4v) is 3.96. The zero-order valence-electron chi connectivity index (χ0n) is 19.3. The lowest BCUT2D eigenvalue weighted by Crippen LogP contribution is -2.36. The number of nitrogens with zero attached hydrogens (tertiary/aromatic N) is 2. The second-order valence-corrected chi connectivity index (χ2v) is 8.31. The number of nitrogens with one attached hydrogen (secondary N) is 2. The molecule has 0 atom stereocenters. The van der Waals surface area contributed by atoms with Gasteiger partial charge in [0.1, 0.15) is 0 Å². The van der Waals surface area contributed by atoms with Gasteiger partial charge in [-0.1, -0.05) is 36.4 Å². The lowest BCUT2D eigenvalue weighted by atomic mass is 10.1. The molecule has 0 saturated heterocycles. The van der Waals surface area contributed by atoms with Crippen molar-refractivity contribution < 1.29 is 9.47 Å². The molecule has 168 valence electrons. The van der Waals surface area contributed by atoms with Crippen LogP contribution in [0.3, 0.4) is 0 Å². The van der Waals surface area contributed by atoms with Gasteiger partial charge in [0, 0.05) is 32.2 Å². The summed E-state index contributed by atoms with van der Waals surface area (Å²) in [4.78, 5) is 6.55. The van der Waals surface area contributed by atoms with E-state index in [1.807, 2.05) is 12.1 Å². The van der Waals surface area contributed by atoms with Crippen LogP contribution in [-0.4, -0.2) is 45.2 Å². The van der Waals surface area contributed by atoms with Crippen molar-refractivity contribution in [2.45, 2.75) is 51.4 Å². The van der Waals surface area contributed by atoms with E-state index in [1.165, 1.54) is 24.0 Å². The average molecular weight is 425 g/mol. The first-order valence-corrected chi connectivity index (χ1v) is 11.1. The molecule has 1 fully saturated rings. The van der Waals surface area contributed by atoms with Crippen LogP contribution in [-0.2, 0) is 19.6 Å². The Morgan fingerprint density at radius 2 is 1.74 bits per heavy atom. The van der Waals surface area contributed by atoms with E-state index in [-0.39, 0.29) is 6.10 Å². The third-order valence-electron chi connectivity index (χ3n) is 5.49. The molecule has 2 aromatic rings. The van der Waals surface area contributed by atoms with Crippen LogP contribution in [0.5, 0.6) is 11.5 Å². The van der Waals surface area contributed by atoms with Gasteiger partial charge in [0.2, 0.25) is 0 Å². The summed E-state index contributed by atoms with van der Waals surface area (Å²) in [6.45, 7) is 2.25. The summed E-state index contributed by atoms with van der Waals surface area (Å²) in [5.74, 6) is 2.38. The Morgan fingerprint density at radius 1 is 1.03 bits per heavy atom. The normalized spacial score (nSPS) is 14.7. The molecule has 1 saturated carbocycles. The minimum atomic E-state index is 0.280. The molecule has 1 aliphatic rings. The van der Waals surface area contributed by atoms with Gasteiger partial charge < -0.3 is 25.0 Å². The van der Waals surface area contributed by atoms with Crippen molar-refractivity contribution in [1.82, 2.24) is 15.5 Å². The second-order valence-electron chi connectivity index (χ2n) is 8.31. The van der Waals surface area contributed by atoms with Crippen LogP contribution in [0.2, 0.25) is 0 Å². The van der Waals surface area contributed by atoms with Gasteiger partial charge in [-0.25, -0.2) is 0 Å². The maximum absolute atomic E-state index is 6.34. The van der Waals surface area contributed by atoms with Crippen molar-refractivity contribution in [1.29, 1.82) is 0 Å². The smallest absolute Gasteiger partial charge is 0.191 e. The van der Waals surface area contributed by atoms with E-state index in [9.17, 15) is 0 Å². The quantitative estimate of drug-likeness (QED) is 0.472. The van der Waals surface area contributed by atoms with Crippen LogP contribution in [0.4, 0.5) is 0 Å². The zero-order valence-corrected chi connectivity index (χ0v) is 19.3. The molecule has 6 nitrogen and oxygen atoms in total. The van der Waals surface area contributed by atoms with Crippen LogP contribution in [0, 0.1) is 0 Å². The van der Waals surface area contributed by atoms with Crippen LogP contribution in [0.25, 0.3) is 0 Å². The Hall–Kier alpha value is -2.73. The fraction of sp³-hybridized carbons (Fsp3) is 0.480. The van der Waals surface area contributed by atoms with Gasteiger partial charge in [0.15, 0.2) is 17.5 Å². The van der Waals surface area contributed by atoms with E-state index in [4.69, 9.17) is 9.47 Å². The number of para-hydroxylation sites is 1. The lowest BCUT2D eigenvalue weighted by molar-refractivity contribution is 0.198. The summed E-state index contributed by atoms with van der Waals surface area (Å²) in [6.07, 6.45) is 4.98. The first-order chi connectivity index (χ1) is 15.1. The van der Waals surface area contributed by atoms with E-state index in [0.29, 0.717) is 13.1 Å². The van der Waals surface area contributed by atoms with Gasteiger partial charge in [-0.3, -0.25) is 4.99 Å². The van der Waals surface area contributed by atoms with E-state index in [0.717, 1.165) is 42.4 Å². The molecule has 1 aliphatic carbocycles. The minimum Gasteiger partial charge on any atom is -0.493 e. The number of rotatable bonds is 9. The number of hydrogen-bond donors (Lipinski definition) is 2. The number of methoxy groups -OCH3 is 1. The molecule has 0 radical (unpaired) electrons. The lowest BCUT2D eigenvalue weighted by Gasteiger charge is -2.20. The van der Waals surface area contributed by atoms with Crippen LogP contribution >= 0.6 is 0 Å². The molecule has 31 heavy (non-hydrogen) atoms. The molecule has 0 bridgehead atoms. The van der Waals surface area contributed by atoms with Gasteiger partial charge in [0.25, 0.3) is 0 Å². The van der Waals surface area contributed by atoms with E-state index < -0.39 is 0 Å². The highest BCUT2D eigenvalue weighted by Gasteiger charge is 2.20. The zero-order chi connectivity index (χ0) is 22.1. The number of ether oxygens (including phenoxy) is 2. The highest BCUT2D eigenvalue weighted by Crippen LogP contribution is 2.34. The molecule has 6 heteroatoms. The molecular weight excluding hydrogens is 388 g/mol. The molecule has 2 N–H and O–H groups in total. The number of aliphatic imine (C=N–C) groups is 1. The van der Waals surface area contributed by atoms with Crippen molar-refractivity contribution in [3.05, 3.63) is 59.2 Å². The standard InChI is InChI=1S/C25H36N4O2/c1-26-25(27-16-19-9-7-10-20(15-19)18-29(2)3)28-17-21-11-8-14-23(30-4)24(21)31-22-12-5-6-13-22/h7-11,14-15,22H,5-6,12-13,16-18H2,1-4H3,(H2,26,27,28). The van der Waals surface area contributed by atoms with E-state index >= 15 is 0 Å². The third-order valence-corrected chi connectivity index (χ3v) is 5.49.